The van der Waals surface area contributed by atoms with Gasteiger partial charge in [-0.25, -0.2) is 0 Å². The Hall–Kier alpha value is 0.328. The molecule has 1 rings (SSSR count). The molecule has 0 bridgehead atoms. The topological polar surface area (TPSA) is 36.7 Å². The summed E-state index contributed by atoms with van der Waals surface area (Å²) in [4.78, 5) is 3.73. The third kappa shape index (κ3) is 7.00. The van der Waals surface area contributed by atoms with Gasteiger partial charge in [0.25, 0.3) is 0 Å². The first-order valence-electron chi connectivity index (χ1n) is 2.62. The van der Waals surface area contributed by atoms with Gasteiger partial charge in [0.2, 0.25) is 0 Å². The van der Waals surface area contributed by atoms with E-state index < -0.39 is 0 Å². The molecule has 1 heterocycles. The van der Waals surface area contributed by atoms with Crippen LogP contribution in [0.4, 0.5) is 0 Å². The SMILES string of the molecule is N#CCc1[c-]nccc1.[CH3-].[V].[Y]. The van der Waals surface area contributed by atoms with Gasteiger partial charge in [0.1, 0.15) is 0 Å². The average molecular weight is 272 g/mol. The van der Waals surface area contributed by atoms with Crippen molar-refractivity contribution in [2.75, 3.05) is 0 Å². The minimum absolute atomic E-state index is 0. The Balaban J connectivity index is -0.000000270. The molecule has 2 nitrogen and oxygen atoms in total. The van der Waals surface area contributed by atoms with Crippen LogP contribution in [-0.4, -0.2) is 4.98 Å². The first-order valence-corrected chi connectivity index (χ1v) is 2.62. The molecule has 0 aliphatic carbocycles. The summed E-state index contributed by atoms with van der Waals surface area (Å²) in [5.74, 6) is 0. The molecule has 1 aromatic heterocycles. The van der Waals surface area contributed by atoms with E-state index in [1.165, 1.54) is 0 Å². The van der Waals surface area contributed by atoms with E-state index in [4.69, 9.17) is 5.26 Å². The Morgan fingerprint density at radius 1 is 1.58 bits per heavy atom. The van der Waals surface area contributed by atoms with Crippen LogP contribution in [0, 0.1) is 25.0 Å². The van der Waals surface area contributed by atoms with Crippen molar-refractivity contribution >= 4 is 0 Å². The first kappa shape index (κ1) is 18.2. The maximum absolute atomic E-state index is 8.22. The van der Waals surface area contributed by atoms with Crippen LogP contribution < -0.4 is 0 Å². The second-order valence-corrected chi connectivity index (χ2v) is 1.61. The van der Waals surface area contributed by atoms with Gasteiger partial charge in [0.05, 0.1) is 6.07 Å². The minimum Gasteiger partial charge on any atom is -0.394 e. The zero-order valence-corrected chi connectivity index (χ0v) is 11.1. The van der Waals surface area contributed by atoms with Crippen molar-refractivity contribution in [3.63, 3.8) is 0 Å². The standard InChI is InChI=1S/C7H5N2.CH3.V.Y/c8-4-3-7-2-1-5-9-6-7;;;/h1-2,5H,3H2;1H3;;/q2*-1;;. The van der Waals surface area contributed by atoms with Crippen molar-refractivity contribution < 1.29 is 51.3 Å². The molecular weight excluding hydrogens is 264 g/mol. The fraction of sp³-hybridized carbons (Fsp3) is 0.125. The molecule has 4 heteroatoms. The van der Waals surface area contributed by atoms with E-state index in [0.717, 1.165) is 5.56 Å². The molecule has 2 radical (unpaired) electrons. The number of nitriles is 1. The Morgan fingerprint density at radius 2 is 2.25 bits per heavy atom. The number of pyridine rings is 1. The monoisotopic (exact) mass is 272 g/mol. The predicted octanol–water partition coefficient (Wildman–Crippen LogP) is 1.39. The minimum atomic E-state index is 0. The smallest absolute Gasteiger partial charge is 0.0648 e. The Morgan fingerprint density at radius 3 is 2.67 bits per heavy atom. The number of aromatic nitrogens is 1. The molecule has 0 amide bonds. The van der Waals surface area contributed by atoms with Crippen molar-refractivity contribution in [1.29, 1.82) is 5.26 Å². The van der Waals surface area contributed by atoms with Crippen LogP contribution in [0.2, 0.25) is 0 Å². The quantitative estimate of drug-likeness (QED) is 0.724. The van der Waals surface area contributed by atoms with Gasteiger partial charge in [-0.3, -0.25) is 0 Å². The molecule has 0 N–H and O–H groups in total. The molecule has 60 valence electrons. The van der Waals surface area contributed by atoms with Gasteiger partial charge in [-0.05, 0) is 0 Å². The van der Waals surface area contributed by atoms with Gasteiger partial charge in [-0.15, -0.1) is 5.56 Å². The fourth-order valence-corrected chi connectivity index (χ4v) is 0.543. The van der Waals surface area contributed by atoms with Gasteiger partial charge in [0, 0.05) is 57.7 Å². The van der Waals surface area contributed by atoms with Crippen LogP contribution in [0.1, 0.15) is 5.56 Å². The maximum atomic E-state index is 8.22. The molecular formula is C8H8N2VY-2. The van der Waals surface area contributed by atoms with Gasteiger partial charge in [-0.1, -0.05) is 12.4 Å². The summed E-state index contributed by atoms with van der Waals surface area (Å²) in [5, 5.41) is 8.22. The summed E-state index contributed by atoms with van der Waals surface area (Å²) < 4.78 is 0. The molecule has 0 unspecified atom stereocenters. The van der Waals surface area contributed by atoms with Gasteiger partial charge in [0.15, 0.2) is 0 Å². The summed E-state index contributed by atoms with van der Waals surface area (Å²) in [6.07, 6.45) is 4.73. The van der Waals surface area contributed by atoms with Gasteiger partial charge in [-0.2, -0.15) is 17.4 Å². The Kier molecular flexibility index (Phi) is 17.2. The van der Waals surface area contributed by atoms with Crippen molar-refractivity contribution in [3.8, 4) is 6.07 Å². The summed E-state index contributed by atoms with van der Waals surface area (Å²) in [5.41, 5.74) is 0.847. The molecule has 0 aliphatic rings. The Labute approximate surface area is 111 Å². The molecule has 0 spiro atoms. The van der Waals surface area contributed by atoms with E-state index >= 15 is 0 Å². The second-order valence-electron chi connectivity index (χ2n) is 1.61. The summed E-state index contributed by atoms with van der Waals surface area (Å²) in [7, 11) is 0. The van der Waals surface area contributed by atoms with Crippen LogP contribution in [-0.2, 0) is 57.7 Å². The van der Waals surface area contributed by atoms with E-state index in [0.29, 0.717) is 6.42 Å². The number of hydrogen-bond acceptors (Lipinski definition) is 2. The Bertz CT molecular complexity index is 220. The zero-order chi connectivity index (χ0) is 6.53. The van der Waals surface area contributed by atoms with Crippen molar-refractivity contribution in [1.82, 2.24) is 4.98 Å². The molecule has 0 saturated carbocycles. The molecule has 0 aliphatic heterocycles. The number of rotatable bonds is 1. The molecule has 12 heavy (non-hydrogen) atoms. The van der Waals surface area contributed by atoms with Gasteiger partial charge < -0.3 is 12.4 Å². The summed E-state index contributed by atoms with van der Waals surface area (Å²) >= 11 is 0. The molecule has 0 fully saturated rings. The van der Waals surface area contributed by atoms with Crippen LogP contribution >= 0.6 is 0 Å². The third-order valence-corrected chi connectivity index (χ3v) is 0.936. The van der Waals surface area contributed by atoms with Crippen LogP contribution in [0.5, 0.6) is 0 Å². The molecule has 1 aromatic rings. The third-order valence-electron chi connectivity index (χ3n) is 0.936. The van der Waals surface area contributed by atoms with E-state index in [1.807, 2.05) is 12.1 Å². The van der Waals surface area contributed by atoms with Crippen LogP contribution in [0.25, 0.3) is 0 Å². The fourth-order valence-electron chi connectivity index (χ4n) is 0.543. The van der Waals surface area contributed by atoms with Crippen LogP contribution in [0.15, 0.2) is 18.3 Å². The molecule has 0 atom stereocenters. The first-order chi connectivity index (χ1) is 4.43. The van der Waals surface area contributed by atoms with Gasteiger partial charge >= 0.3 is 0 Å². The number of nitrogens with zero attached hydrogens (tertiary/aromatic N) is 2. The van der Waals surface area contributed by atoms with Crippen molar-refractivity contribution in [3.05, 3.63) is 37.5 Å². The van der Waals surface area contributed by atoms with E-state index in [9.17, 15) is 0 Å². The predicted molar refractivity (Wildman–Crippen MR) is 38.8 cm³/mol. The van der Waals surface area contributed by atoms with E-state index in [2.05, 4.69) is 11.2 Å². The normalized spacial score (nSPS) is 6.25. The van der Waals surface area contributed by atoms with E-state index in [-0.39, 0.29) is 58.7 Å². The number of hydrogen-bond donors (Lipinski definition) is 0. The summed E-state index contributed by atoms with van der Waals surface area (Å²) in [6.45, 7) is 0. The van der Waals surface area contributed by atoms with Crippen LogP contribution in [0.3, 0.4) is 0 Å². The second kappa shape index (κ2) is 11.3. The molecule has 0 aromatic carbocycles. The molecule has 0 saturated heterocycles. The maximum Gasteiger partial charge on any atom is 0.0648 e. The van der Waals surface area contributed by atoms with E-state index in [1.54, 1.807) is 12.3 Å². The summed E-state index contributed by atoms with van der Waals surface area (Å²) in [6, 6.07) is 5.64. The van der Waals surface area contributed by atoms with Crippen molar-refractivity contribution in [2.45, 2.75) is 6.42 Å². The largest absolute Gasteiger partial charge is 0.394 e. The average Bonchev–Trinajstić information content (AvgIpc) is 1.91. The van der Waals surface area contributed by atoms with Crippen molar-refractivity contribution in [2.24, 2.45) is 0 Å². The zero-order valence-electron chi connectivity index (χ0n) is 6.86.